The average Bonchev–Trinajstić information content (AvgIpc) is 2.35. The van der Waals surface area contributed by atoms with Gasteiger partial charge in [0.2, 0.25) is 0 Å². The van der Waals surface area contributed by atoms with Gasteiger partial charge in [-0.2, -0.15) is 0 Å². The Morgan fingerprint density at radius 3 is 2.39 bits per heavy atom. The molecule has 0 bridgehead atoms. The molecule has 0 unspecified atom stereocenters. The summed E-state index contributed by atoms with van der Waals surface area (Å²) in [5, 5.41) is 8.48. The molecular formula is C12H9BrO5. The second-order valence-electron chi connectivity index (χ2n) is 3.51. The quantitative estimate of drug-likeness (QED) is 0.683. The first kappa shape index (κ1) is 12.6. The number of carboxylic acids is 1. The number of rotatable bonds is 3. The Bertz CT molecular complexity index is 536. The number of ketones is 1. The monoisotopic (exact) mass is 312 g/mol. The van der Waals surface area contributed by atoms with Gasteiger partial charge in [0.25, 0.3) is 0 Å². The van der Waals surface area contributed by atoms with E-state index in [0.717, 1.165) is 12.2 Å². The Balaban J connectivity index is 2.33. The van der Waals surface area contributed by atoms with E-state index in [1.165, 1.54) is 6.07 Å². The first-order valence-electron chi connectivity index (χ1n) is 5.12. The summed E-state index contributed by atoms with van der Waals surface area (Å²) in [6.07, 6.45) is 1.80. The highest BCUT2D eigenvalue weighted by molar-refractivity contribution is 9.10. The minimum absolute atomic E-state index is 0.330. The number of carbonyl (C=O) groups is 2. The zero-order chi connectivity index (χ0) is 13.1. The molecule has 1 heterocycles. The maximum absolute atomic E-state index is 11.8. The summed E-state index contributed by atoms with van der Waals surface area (Å²) >= 11 is 3.25. The molecule has 0 radical (unpaired) electrons. The van der Waals surface area contributed by atoms with Gasteiger partial charge in [0.1, 0.15) is 13.2 Å². The number of aliphatic carboxylic acids is 1. The van der Waals surface area contributed by atoms with E-state index in [1.54, 1.807) is 6.07 Å². The van der Waals surface area contributed by atoms with E-state index in [0.29, 0.717) is 34.7 Å². The third-order valence-corrected chi connectivity index (χ3v) is 2.93. The Kier molecular flexibility index (Phi) is 3.66. The molecule has 18 heavy (non-hydrogen) atoms. The SMILES string of the molecule is O=C(O)/C=C/C(=O)c1cc2c(cc1Br)OCCO2. The lowest BCUT2D eigenvalue weighted by Gasteiger charge is -2.19. The molecule has 6 heteroatoms. The van der Waals surface area contributed by atoms with Gasteiger partial charge in [-0.1, -0.05) is 0 Å². The van der Waals surface area contributed by atoms with Crippen molar-refractivity contribution in [3.05, 3.63) is 34.3 Å². The van der Waals surface area contributed by atoms with Crippen LogP contribution in [0.25, 0.3) is 0 Å². The molecule has 0 saturated heterocycles. The van der Waals surface area contributed by atoms with Crippen molar-refractivity contribution in [1.29, 1.82) is 0 Å². The van der Waals surface area contributed by atoms with E-state index in [2.05, 4.69) is 15.9 Å². The molecular weight excluding hydrogens is 304 g/mol. The third-order valence-electron chi connectivity index (χ3n) is 2.27. The van der Waals surface area contributed by atoms with Crippen LogP contribution in [-0.2, 0) is 4.79 Å². The van der Waals surface area contributed by atoms with Crippen LogP contribution in [0.5, 0.6) is 11.5 Å². The van der Waals surface area contributed by atoms with Crippen molar-refractivity contribution in [3.8, 4) is 11.5 Å². The molecule has 0 atom stereocenters. The Labute approximate surface area is 111 Å². The molecule has 1 aromatic carbocycles. The zero-order valence-electron chi connectivity index (χ0n) is 9.18. The summed E-state index contributed by atoms with van der Waals surface area (Å²) in [5.41, 5.74) is 0.330. The fourth-order valence-corrected chi connectivity index (χ4v) is 2.01. The van der Waals surface area contributed by atoms with Gasteiger partial charge < -0.3 is 14.6 Å². The van der Waals surface area contributed by atoms with Gasteiger partial charge in [-0.15, -0.1) is 0 Å². The number of carboxylic acid groups (broad SMARTS) is 1. The molecule has 1 aliphatic rings. The molecule has 0 fully saturated rings. The molecule has 2 rings (SSSR count). The summed E-state index contributed by atoms with van der Waals surface area (Å²) in [6.45, 7) is 0.888. The van der Waals surface area contributed by atoms with Gasteiger partial charge in [-0.25, -0.2) is 4.79 Å². The predicted molar refractivity (Wildman–Crippen MR) is 66.2 cm³/mol. The molecule has 1 N–H and O–H groups in total. The highest BCUT2D eigenvalue weighted by atomic mass is 79.9. The molecule has 1 aliphatic heterocycles. The van der Waals surface area contributed by atoms with Crippen LogP contribution in [0.1, 0.15) is 10.4 Å². The number of allylic oxidation sites excluding steroid dienone is 1. The summed E-state index contributed by atoms with van der Waals surface area (Å²) in [4.78, 5) is 22.1. The third kappa shape index (κ3) is 2.70. The predicted octanol–water partition coefficient (Wildman–Crippen LogP) is 2.04. The summed E-state index contributed by atoms with van der Waals surface area (Å²) in [5.74, 6) is -0.540. The second-order valence-corrected chi connectivity index (χ2v) is 4.37. The van der Waals surface area contributed by atoms with Crippen molar-refractivity contribution < 1.29 is 24.2 Å². The number of benzene rings is 1. The van der Waals surface area contributed by atoms with Crippen LogP contribution in [0.2, 0.25) is 0 Å². The van der Waals surface area contributed by atoms with Crippen LogP contribution in [0.15, 0.2) is 28.8 Å². The largest absolute Gasteiger partial charge is 0.486 e. The lowest BCUT2D eigenvalue weighted by Crippen LogP contribution is -2.16. The second kappa shape index (κ2) is 5.22. The van der Waals surface area contributed by atoms with Gasteiger partial charge in [-0.3, -0.25) is 4.79 Å². The van der Waals surface area contributed by atoms with Crippen LogP contribution >= 0.6 is 15.9 Å². The number of hydrogen-bond acceptors (Lipinski definition) is 4. The molecule has 0 amide bonds. The van der Waals surface area contributed by atoms with E-state index >= 15 is 0 Å². The van der Waals surface area contributed by atoms with Gasteiger partial charge >= 0.3 is 5.97 Å². The maximum atomic E-state index is 11.8. The highest BCUT2D eigenvalue weighted by Gasteiger charge is 2.17. The Morgan fingerprint density at radius 1 is 1.17 bits per heavy atom. The van der Waals surface area contributed by atoms with Gasteiger partial charge in [-0.05, 0) is 34.1 Å². The van der Waals surface area contributed by atoms with Crippen molar-refractivity contribution in [2.24, 2.45) is 0 Å². The molecule has 5 nitrogen and oxygen atoms in total. The van der Waals surface area contributed by atoms with Crippen LogP contribution in [0, 0.1) is 0 Å². The Hall–Kier alpha value is -1.82. The zero-order valence-corrected chi connectivity index (χ0v) is 10.8. The smallest absolute Gasteiger partial charge is 0.328 e. The van der Waals surface area contributed by atoms with E-state index in [9.17, 15) is 9.59 Å². The number of carbonyl (C=O) groups excluding carboxylic acids is 1. The first-order chi connectivity index (χ1) is 8.58. The maximum Gasteiger partial charge on any atom is 0.328 e. The van der Waals surface area contributed by atoms with Crippen molar-refractivity contribution in [2.45, 2.75) is 0 Å². The van der Waals surface area contributed by atoms with Crippen LogP contribution in [-0.4, -0.2) is 30.1 Å². The standard InChI is InChI=1S/C12H9BrO5/c13-8-6-11-10(17-3-4-18-11)5-7(8)9(14)1-2-12(15)16/h1-2,5-6H,3-4H2,(H,15,16)/b2-1+. The molecule has 1 aromatic rings. The number of fused-ring (bicyclic) bond motifs is 1. The summed E-state index contributed by atoms with van der Waals surface area (Å²) < 4.78 is 11.2. The lowest BCUT2D eigenvalue weighted by molar-refractivity contribution is -0.131. The molecule has 0 saturated carbocycles. The van der Waals surface area contributed by atoms with Crippen LogP contribution in [0.3, 0.4) is 0 Å². The van der Waals surface area contributed by atoms with E-state index < -0.39 is 11.8 Å². The molecule has 94 valence electrons. The van der Waals surface area contributed by atoms with Gasteiger partial charge in [0.05, 0.1) is 0 Å². The minimum atomic E-state index is -1.17. The molecule has 0 aromatic heterocycles. The fourth-order valence-electron chi connectivity index (χ4n) is 1.49. The van der Waals surface area contributed by atoms with Crippen molar-refractivity contribution in [2.75, 3.05) is 13.2 Å². The van der Waals surface area contributed by atoms with Gasteiger partial charge in [0, 0.05) is 16.1 Å². The molecule has 0 aliphatic carbocycles. The highest BCUT2D eigenvalue weighted by Crippen LogP contribution is 2.35. The van der Waals surface area contributed by atoms with E-state index in [4.69, 9.17) is 14.6 Å². The Morgan fingerprint density at radius 2 is 1.78 bits per heavy atom. The van der Waals surface area contributed by atoms with E-state index in [-0.39, 0.29) is 0 Å². The van der Waals surface area contributed by atoms with Crippen LogP contribution < -0.4 is 9.47 Å². The van der Waals surface area contributed by atoms with Crippen molar-refractivity contribution in [3.63, 3.8) is 0 Å². The number of ether oxygens (including phenoxy) is 2. The van der Waals surface area contributed by atoms with Crippen molar-refractivity contribution >= 4 is 27.7 Å². The topological polar surface area (TPSA) is 72.8 Å². The average molecular weight is 313 g/mol. The fraction of sp³-hybridized carbons (Fsp3) is 0.167. The summed E-state index contributed by atoms with van der Waals surface area (Å²) in [7, 11) is 0. The van der Waals surface area contributed by atoms with Crippen molar-refractivity contribution in [1.82, 2.24) is 0 Å². The molecule has 0 spiro atoms. The first-order valence-corrected chi connectivity index (χ1v) is 5.91. The van der Waals surface area contributed by atoms with E-state index in [1.807, 2.05) is 0 Å². The minimum Gasteiger partial charge on any atom is -0.486 e. The van der Waals surface area contributed by atoms with Crippen LogP contribution in [0.4, 0.5) is 0 Å². The number of hydrogen-bond donors (Lipinski definition) is 1. The van der Waals surface area contributed by atoms with Gasteiger partial charge in [0.15, 0.2) is 17.3 Å². The normalized spacial score (nSPS) is 13.6. The summed E-state index contributed by atoms with van der Waals surface area (Å²) in [6, 6.07) is 3.17. The lowest BCUT2D eigenvalue weighted by atomic mass is 10.1. The number of halogens is 1.